The van der Waals surface area contributed by atoms with Crippen molar-refractivity contribution in [3.05, 3.63) is 24.0 Å². The van der Waals surface area contributed by atoms with Gasteiger partial charge in [0.15, 0.2) is 0 Å². The van der Waals surface area contributed by atoms with Crippen LogP contribution in [0.3, 0.4) is 0 Å². The van der Waals surface area contributed by atoms with Gasteiger partial charge < -0.3 is 15.6 Å². The van der Waals surface area contributed by atoms with E-state index in [1.54, 1.807) is 0 Å². The molecule has 0 spiro atoms. The number of hydrogen-bond donors (Lipinski definition) is 3. The Bertz CT molecular complexity index is 664. The van der Waals surface area contributed by atoms with Gasteiger partial charge in [0.1, 0.15) is 5.82 Å². The second-order valence-corrected chi connectivity index (χ2v) is 6.84. The summed E-state index contributed by atoms with van der Waals surface area (Å²) in [6, 6.07) is 5.81. The molecule has 0 bridgehead atoms. The maximum Gasteiger partial charge on any atom is 0.224 e. The fraction of sp³-hybridized carbons (Fsp3) is 0.500. The molecule has 1 saturated heterocycles. The fourth-order valence-electron chi connectivity index (χ4n) is 2.41. The molecule has 5 heteroatoms. The minimum absolute atomic E-state index is 0.0142. The number of aromatic nitrogens is 2. The van der Waals surface area contributed by atoms with Crippen molar-refractivity contribution < 1.29 is 4.79 Å². The Balaban J connectivity index is 1.75. The summed E-state index contributed by atoms with van der Waals surface area (Å²) in [5.41, 5.74) is 2.70. The van der Waals surface area contributed by atoms with E-state index < -0.39 is 0 Å². The molecule has 1 aliphatic rings. The topological polar surface area (TPSA) is 69.8 Å². The number of amides is 1. The Morgan fingerprint density at radius 2 is 2.14 bits per heavy atom. The summed E-state index contributed by atoms with van der Waals surface area (Å²) in [5.74, 6) is 1.52. The molecular weight excluding hydrogens is 264 g/mol. The van der Waals surface area contributed by atoms with Crippen molar-refractivity contribution in [3.63, 3.8) is 0 Å². The van der Waals surface area contributed by atoms with Crippen LogP contribution in [0, 0.1) is 5.92 Å². The van der Waals surface area contributed by atoms with Gasteiger partial charge in [0.05, 0.1) is 11.0 Å². The Kier molecular flexibility index (Phi) is 3.45. The molecular formula is C16H22N4O. The highest BCUT2D eigenvalue weighted by atomic mass is 16.1. The summed E-state index contributed by atoms with van der Waals surface area (Å²) >= 11 is 0. The number of carbonyl (C=O) groups excluding carboxylic acids is 1. The van der Waals surface area contributed by atoms with Crippen LogP contribution in [0.5, 0.6) is 0 Å². The van der Waals surface area contributed by atoms with Gasteiger partial charge in [-0.3, -0.25) is 4.79 Å². The Labute approximate surface area is 124 Å². The lowest BCUT2D eigenvalue weighted by atomic mass is 9.96. The van der Waals surface area contributed by atoms with Gasteiger partial charge >= 0.3 is 0 Å². The van der Waals surface area contributed by atoms with Gasteiger partial charge in [-0.05, 0) is 37.2 Å². The summed E-state index contributed by atoms with van der Waals surface area (Å²) in [6.45, 7) is 8.27. The zero-order valence-corrected chi connectivity index (χ0v) is 12.8. The molecule has 5 nitrogen and oxygen atoms in total. The van der Waals surface area contributed by atoms with Crippen LogP contribution in [0.15, 0.2) is 18.2 Å². The zero-order valence-electron chi connectivity index (χ0n) is 12.8. The summed E-state index contributed by atoms with van der Waals surface area (Å²) in [4.78, 5) is 19.9. The zero-order chi connectivity index (χ0) is 15.0. The first-order chi connectivity index (χ1) is 9.91. The maximum absolute atomic E-state index is 12.0. The number of aromatic amines is 1. The molecule has 1 fully saturated rings. The van der Waals surface area contributed by atoms with E-state index in [4.69, 9.17) is 0 Å². The van der Waals surface area contributed by atoms with Crippen molar-refractivity contribution in [3.8, 4) is 0 Å². The van der Waals surface area contributed by atoms with Crippen LogP contribution >= 0.6 is 0 Å². The summed E-state index contributed by atoms with van der Waals surface area (Å²) < 4.78 is 0. The number of imidazole rings is 1. The first-order valence-corrected chi connectivity index (χ1v) is 7.42. The molecule has 0 saturated carbocycles. The second kappa shape index (κ2) is 5.15. The maximum atomic E-state index is 12.0. The Hall–Kier alpha value is -1.88. The molecule has 0 atom stereocenters. The first-order valence-electron chi connectivity index (χ1n) is 7.42. The van der Waals surface area contributed by atoms with Crippen LogP contribution in [0.25, 0.3) is 11.0 Å². The SMILES string of the molecule is CC(C)(C)c1nc2ccc(NC(=O)CC3CNC3)cc2[nH]1. The monoisotopic (exact) mass is 286 g/mol. The number of benzene rings is 1. The van der Waals surface area contributed by atoms with E-state index in [2.05, 4.69) is 41.4 Å². The summed E-state index contributed by atoms with van der Waals surface area (Å²) in [6.07, 6.45) is 0.585. The van der Waals surface area contributed by atoms with Crippen molar-refractivity contribution in [1.82, 2.24) is 15.3 Å². The van der Waals surface area contributed by atoms with E-state index in [9.17, 15) is 4.79 Å². The van der Waals surface area contributed by atoms with E-state index in [0.717, 1.165) is 35.6 Å². The highest BCUT2D eigenvalue weighted by Crippen LogP contribution is 2.24. The lowest BCUT2D eigenvalue weighted by Crippen LogP contribution is -2.43. The molecule has 2 heterocycles. The molecule has 0 radical (unpaired) electrons. The van der Waals surface area contributed by atoms with Crippen molar-refractivity contribution in [2.45, 2.75) is 32.6 Å². The number of H-pyrrole nitrogens is 1. The molecule has 3 rings (SSSR count). The van der Waals surface area contributed by atoms with Crippen LogP contribution in [0.4, 0.5) is 5.69 Å². The number of hydrogen-bond acceptors (Lipinski definition) is 3. The highest BCUT2D eigenvalue weighted by Gasteiger charge is 2.21. The molecule has 112 valence electrons. The molecule has 1 aromatic heterocycles. The van der Waals surface area contributed by atoms with Crippen LogP contribution < -0.4 is 10.6 Å². The molecule has 1 aromatic carbocycles. The standard InChI is InChI=1S/C16H22N4O/c1-16(2,3)15-19-12-5-4-11(7-13(12)20-15)18-14(21)6-10-8-17-9-10/h4-5,7,10,17H,6,8-9H2,1-3H3,(H,18,21)(H,19,20). The smallest absolute Gasteiger partial charge is 0.224 e. The third kappa shape index (κ3) is 3.08. The molecule has 2 aromatic rings. The number of fused-ring (bicyclic) bond motifs is 1. The van der Waals surface area contributed by atoms with Gasteiger partial charge in [-0.2, -0.15) is 0 Å². The molecule has 1 aliphatic heterocycles. The number of carbonyl (C=O) groups is 1. The third-order valence-corrected chi connectivity index (χ3v) is 3.82. The lowest BCUT2D eigenvalue weighted by molar-refractivity contribution is -0.117. The fourth-order valence-corrected chi connectivity index (χ4v) is 2.41. The molecule has 1 amide bonds. The average Bonchev–Trinajstić information content (AvgIpc) is 2.77. The van der Waals surface area contributed by atoms with E-state index in [0.29, 0.717) is 12.3 Å². The minimum atomic E-state index is -0.0142. The van der Waals surface area contributed by atoms with E-state index in [1.807, 2.05) is 18.2 Å². The normalized spacial score (nSPS) is 16.0. The number of nitrogens with one attached hydrogen (secondary N) is 3. The van der Waals surface area contributed by atoms with Crippen LogP contribution in [-0.2, 0) is 10.2 Å². The van der Waals surface area contributed by atoms with Gasteiger partial charge in [-0.25, -0.2) is 4.98 Å². The summed E-state index contributed by atoms with van der Waals surface area (Å²) in [7, 11) is 0. The number of nitrogens with zero attached hydrogens (tertiary/aromatic N) is 1. The van der Waals surface area contributed by atoms with Crippen molar-refractivity contribution in [1.29, 1.82) is 0 Å². The van der Waals surface area contributed by atoms with Gasteiger partial charge in [-0.1, -0.05) is 20.8 Å². The third-order valence-electron chi connectivity index (χ3n) is 3.82. The van der Waals surface area contributed by atoms with Gasteiger partial charge in [0, 0.05) is 17.5 Å². The molecule has 0 unspecified atom stereocenters. The average molecular weight is 286 g/mol. The quantitative estimate of drug-likeness (QED) is 0.811. The number of rotatable bonds is 3. The Morgan fingerprint density at radius 1 is 1.38 bits per heavy atom. The largest absolute Gasteiger partial charge is 0.341 e. The minimum Gasteiger partial charge on any atom is -0.341 e. The van der Waals surface area contributed by atoms with Gasteiger partial charge in [0.2, 0.25) is 5.91 Å². The molecule has 3 N–H and O–H groups in total. The van der Waals surface area contributed by atoms with Crippen LogP contribution in [-0.4, -0.2) is 29.0 Å². The predicted octanol–water partition coefficient (Wildman–Crippen LogP) is 2.41. The lowest BCUT2D eigenvalue weighted by Gasteiger charge is -2.26. The molecule has 0 aliphatic carbocycles. The highest BCUT2D eigenvalue weighted by molar-refractivity contribution is 5.93. The van der Waals surface area contributed by atoms with Crippen LogP contribution in [0.1, 0.15) is 33.0 Å². The van der Waals surface area contributed by atoms with E-state index in [1.165, 1.54) is 0 Å². The Morgan fingerprint density at radius 3 is 2.76 bits per heavy atom. The first kappa shape index (κ1) is 14.1. The summed E-state index contributed by atoms with van der Waals surface area (Å²) in [5, 5.41) is 6.14. The number of anilines is 1. The molecule has 21 heavy (non-hydrogen) atoms. The van der Waals surface area contributed by atoms with Gasteiger partial charge in [0.25, 0.3) is 0 Å². The van der Waals surface area contributed by atoms with Crippen molar-refractivity contribution in [2.24, 2.45) is 5.92 Å². The van der Waals surface area contributed by atoms with Gasteiger partial charge in [-0.15, -0.1) is 0 Å². The van der Waals surface area contributed by atoms with Crippen molar-refractivity contribution >= 4 is 22.6 Å². The predicted molar refractivity (Wildman–Crippen MR) is 84.4 cm³/mol. The van der Waals surface area contributed by atoms with Crippen molar-refractivity contribution in [2.75, 3.05) is 18.4 Å². The van der Waals surface area contributed by atoms with E-state index in [-0.39, 0.29) is 11.3 Å². The van der Waals surface area contributed by atoms with Crippen LogP contribution in [0.2, 0.25) is 0 Å². The second-order valence-electron chi connectivity index (χ2n) is 6.84. The van der Waals surface area contributed by atoms with E-state index >= 15 is 0 Å².